The molecule has 7 heteroatoms. The molecule has 0 amide bonds. The summed E-state index contributed by atoms with van der Waals surface area (Å²) in [5.74, 6) is 0.909. The van der Waals surface area contributed by atoms with E-state index in [1.165, 1.54) is 11.1 Å². The van der Waals surface area contributed by atoms with Crippen molar-refractivity contribution in [1.29, 1.82) is 0 Å². The SMILES string of the molecule is CN=C(NCCC(C)N(C)Cc1ccccc1)N(C)Cc1cnn(C)c1.I. The van der Waals surface area contributed by atoms with Crippen molar-refractivity contribution in [3.05, 3.63) is 53.9 Å². The molecule has 0 bridgehead atoms. The van der Waals surface area contributed by atoms with Crippen LogP contribution in [0.3, 0.4) is 0 Å². The molecule has 0 fully saturated rings. The smallest absolute Gasteiger partial charge is 0.193 e. The fraction of sp³-hybridized carbons (Fsp3) is 0.500. The van der Waals surface area contributed by atoms with Gasteiger partial charge in [-0.05, 0) is 26.0 Å². The molecule has 0 aliphatic carbocycles. The number of hydrogen-bond acceptors (Lipinski definition) is 3. The van der Waals surface area contributed by atoms with Gasteiger partial charge in [-0.1, -0.05) is 30.3 Å². The highest BCUT2D eigenvalue weighted by Crippen LogP contribution is 2.08. The fourth-order valence-corrected chi connectivity index (χ4v) is 2.93. The number of rotatable bonds is 8. The Hall–Kier alpha value is -1.61. The second-order valence-electron chi connectivity index (χ2n) is 6.89. The number of nitrogens with zero attached hydrogens (tertiary/aromatic N) is 5. The van der Waals surface area contributed by atoms with Crippen molar-refractivity contribution in [3.63, 3.8) is 0 Å². The van der Waals surface area contributed by atoms with Gasteiger partial charge in [0.05, 0.1) is 6.20 Å². The lowest BCUT2D eigenvalue weighted by Crippen LogP contribution is -2.40. The van der Waals surface area contributed by atoms with E-state index in [0.717, 1.165) is 32.0 Å². The molecule has 1 aromatic carbocycles. The largest absolute Gasteiger partial charge is 0.356 e. The summed E-state index contributed by atoms with van der Waals surface area (Å²) in [6.45, 7) is 4.92. The van der Waals surface area contributed by atoms with Crippen molar-refractivity contribution in [2.45, 2.75) is 32.5 Å². The summed E-state index contributed by atoms with van der Waals surface area (Å²) in [5.41, 5.74) is 2.52. The Labute approximate surface area is 180 Å². The van der Waals surface area contributed by atoms with Gasteiger partial charge in [-0.25, -0.2) is 0 Å². The minimum Gasteiger partial charge on any atom is -0.356 e. The predicted molar refractivity (Wildman–Crippen MR) is 123 cm³/mol. The molecule has 0 saturated carbocycles. The van der Waals surface area contributed by atoms with Gasteiger partial charge in [-0.2, -0.15) is 5.10 Å². The van der Waals surface area contributed by atoms with Crippen LogP contribution in [-0.2, 0) is 20.1 Å². The summed E-state index contributed by atoms with van der Waals surface area (Å²) in [5, 5.41) is 7.69. The Kier molecular flexibility index (Phi) is 10.4. The summed E-state index contributed by atoms with van der Waals surface area (Å²) < 4.78 is 1.82. The number of hydrogen-bond donors (Lipinski definition) is 1. The van der Waals surface area contributed by atoms with E-state index >= 15 is 0 Å². The maximum Gasteiger partial charge on any atom is 0.193 e. The molecule has 1 aromatic heterocycles. The maximum absolute atomic E-state index is 4.39. The van der Waals surface area contributed by atoms with E-state index in [-0.39, 0.29) is 24.0 Å². The highest BCUT2D eigenvalue weighted by molar-refractivity contribution is 14.0. The molecule has 2 aromatic rings. The predicted octanol–water partition coefficient (Wildman–Crippen LogP) is 2.96. The number of guanidine groups is 1. The van der Waals surface area contributed by atoms with Crippen LogP contribution in [-0.4, -0.2) is 59.3 Å². The lowest BCUT2D eigenvalue weighted by Gasteiger charge is -2.26. The summed E-state index contributed by atoms with van der Waals surface area (Å²) in [6, 6.07) is 11.1. The van der Waals surface area contributed by atoms with E-state index in [4.69, 9.17) is 0 Å². The van der Waals surface area contributed by atoms with Crippen molar-refractivity contribution in [1.82, 2.24) is 24.9 Å². The Morgan fingerprint density at radius 3 is 2.48 bits per heavy atom. The van der Waals surface area contributed by atoms with E-state index in [1.807, 2.05) is 38.2 Å². The molecule has 1 N–H and O–H groups in total. The normalized spacial score (nSPS) is 12.6. The third-order valence-electron chi connectivity index (χ3n) is 4.62. The third-order valence-corrected chi connectivity index (χ3v) is 4.62. The van der Waals surface area contributed by atoms with Gasteiger partial charge in [-0.15, -0.1) is 24.0 Å². The second-order valence-corrected chi connectivity index (χ2v) is 6.89. The van der Waals surface area contributed by atoms with Crippen molar-refractivity contribution in [2.24, 2.45) is 12.0 Å². The zero-order valence-corrected chi connectivity index (χ0v) is 19.4. The molecule has 0 aliphatic heterocycles. The van der Waals surface area contributed by atoms with Gasteiger partial charge in [0.25, 0.3) is 0 Å². The van der Waals surface area contributed by atoms with E-state index in [2.05, 4.69) is 69.5 Å². The first-order valence-electron chi connectivity index (χ1n) is 9.13. The number of aliphatic imine (C=N–C) groups is 1. The summed E-state index contributed by atoms with van der Waals surface area (Å²) in [4.78, 5) is 8.90. The zero-order chi connectivity index (χ0) is 18.9. The van der Waals surface area contributed by atoms with Crippen LogP contribution in [0.25, 0.3) is 0 Å². The van der Waals surface area contributed by atoms with E-state index in [0.29, 0.717) is 6.04 Å². The molecule has 0 saturated heterocycles. The molecular weight excluding hydrogens is 451 g/mol. The fourth-order valence-electron chi connectivity index (χ4n) is 2.93. The number of nitrogens with one attached hydrogen (secondary N) is 1. The first-order valence-corrected chi connectivity index (χ1v) is 9.13. The Balaban J connectivity index is 0.00000364. The van der Waals surface area contributed by atoms with Crippen LogP contribution >= 0.6 is 24.0 Å². The molecule has 0 spiro atoms. The van der Waals surface area contributed by atoms with Crippen LogP contribution < -0.4 is 5.32 Å². The van der Waals surface area contributed by atoms with Crippen molar-refractivity contribution in [3.8, 4) is 0 Å². The molecule has 0 radical (unpaired) electrons. The van der Waals surface area contributed by atoms with Gasteiger partial charge in [0.1, 0.15) is 0 Å². The highest BCUT2D eigenvalue weighted by Gasteiger charge is 2.11. The molecular formula is C20H33IN6. The highest BCUT2D eigenvalue weighted by atomic mass is 127. The number of aromatic nitrogens is 2. The lowest BCUT2D eigenvalue weighted by molar-refractivity contribution is 0.238. The standard InChI is InChI=1S/C20H32N6.HI/c1-17(24(3)14-18-9-7-6-8-10-18)11-12-22-20(21-2)25(4)15-19-13-23-26(5)16-19;/h6-10,13,16-17H,11-12,14-15H2,1-5H3,(H,21,22);1H. The Bertz CT molecular complexity index is 685. The summed E-state index contributed by atoms with van der Waals surface area (Å²) >= 11 is 0. The monoisotopic (exact) mass is 484 g/mol. The van der Waals surface area contributed by atoms with Crippen LogP contribution in [0.2, 0.25) is 0 Å². The van der Waals surface area contributed by atoms with Crippen molar-refractivity contribution >= 4 is 29.9 Å². The third kappa shape index (κ3) is 7.88. The van der Waals surface area contributed by atoms with Crippen LogP contribution in [0.1, 0.15) is 24.5 Å². The van der Waals surface area contributed by atoms with E-state index < -0.39 is 0 Å². The number of halogens is 1. The van der Waals surface area contributed by atoms with Gasteiger partial charge in [0.2, 0.25) is 0 Å². The van der Waals surface area contributed by atoms with Crippen LogP contribution in [0.4, 0.5) is 0 Å². The van der Waals surface area contributed by atoms with Crippen molar-refractivity contribution in [2.75, 3.05) is 27.7 Å². The average Bonchev–Trinajstić information content (AvgIpc) is 3.04. The first-order chi connectivity index (χ1) is 12.5. The van der Waals surface area contributed by atoms with Crippen LogP contribution in [0, 0.1) is 0 Å². The zero-order valence-electron chi connectivity index (χ0n) is 17.1. The molecule has 2 rings (SSSR count). The van der Waals surface area contributed by atoms with Gasteiger partial charge in [0.15, 0.2) is 5.96 Å². The topological polar surface area (TPSA) is 48.7 Å². The number of aryl methyl sites for hydroxylation is 1. The quantitative estimate of drug-likeness (QED) is 0.356. The number of benzene rings is 1. The van der Waals surface area contributed by atoms with Crippen LogP contribution in [0.5, 0.6) is 0 Å². The molecule has 1 atom stereocenters. The lowest BCUT2D eigenvalue weighted by atomic mass is 10.1. The summed E-state index contributed by atoms with van der Waals surface area (Å²) in [7, 11) is 7.99. The minimum atomic E-state index is 0. The molecule has 0 aliphatic rings. The average molecular weight is 484 g/mol. The summed E-state index contributed by atoms with van der Waals surface area (Å²) in [6.07, 6.45) is 4.98. The van der Waals surface area contributed by atoms with E-state index in [1.54, 1.807) is 0 Å². The molecule has 1 heterocycles. The first kappa shape index (κ1) is 23.4. The minimum absolute atomic E-state index is 0. The van der Waals surface area contributed by atoms with Crippen molar-refractivity contribution < 1.29 is 0 Å². The van der Waals surface area contributed by atoms with Gasteiger partial charge < -0.3 is 10.2 Å². The van der Waals surface area contributed by atoms with Gasteiger partial charge >= 0.3 is 0 Å². The van der Waals surface area contributed by atoms with Gasteiger partial charge in [-0.3, -0.25) is 14.6 Å². The second kappa shape index (κ2) is 12.0. The van der Waals surface area contributed by atoms with Crippen LogP contribution in [0.15, 0.2) is 47.7 Å². The maximum atomic E-state index is 4.39. The molecule has 1 unspecified atom stereocenters. The van der Waals surface area contributed by atoms with Gasteiger partial charge in [0, 0.05) is 58.6 Å². The van der Waals surface area contributed by atoms with E-state index in [9.17, 15) is 0 Å². The molecule has 150 valence electrons. The molecule has 27 heavy (non-hydrogen) atoms. The Morgan fingerprint density at radius 2 is 1.89 bits per heavy atom. The molecule has 6 nitrogen and oxygen atoms in total. The Morgan fingerprint density at radius 1 is 1.19 bits per heavy atom.